The largest absolute Gasteiger partial charge is 0.510 e. The van der Waals surface area contributed by atoms with Crippen LogP contribution in [0.2, 0.25) is 0 Å². The lowest BCUT2D eigenvalue weighted by Crippen LogP contribution is -2.20. The first kappa shape index (κ1) is 11.8. The zero-order valence-corrected chi connectivity index (χ0v) is 9.53. The monoisotopic (exact) mass is 206 g/mol. The fraction of sp³-hybridized carbons (Fsp3) is 0.385. The minimum absolute atomic E-state index is 0.224. The Morgan fingerprint density at radius 1 is 1.27 bits per heavy atom. The van der Waals surface area contributed by atoms with Gasteiger partial charge in [-0.25, -0.2) is 0 Å². The van der Waals surface area contributed by atoms with E-state index in [0.717, 1.165) is 5.56 Å². The van der Waals surface area contributed by atoms with Crippen LogP contribution in [0, 0.1) is 0 Å². The molecule has 0 saturated heterocycles. The molecule has 1 rings (SSSR count). The maximum atomic E-state index is 9.60. The summed E-state index contributed by atoms with van der Waals surface area (Å²) >= 11 is 0. The van der Waals surface area contributed by atoms with Crippen LogP contribution in [0.15, 0.2) is 36.1 Å². The van der Waals surface area contributed by atoms with Crippen LogP contribution in [-0.4, -0.2) is 17.3 Å². The number of rotatable bonds is 3. The Bertz CT molecular complexity index is 320. The molecule has 0 bridgehead atoms. The molecule has 0 atom stereocenters. The second-order valence-electron chi connectivity index (χ2n) is 4.45. The van der Waals surface area contributed by atoms with Gasteiger partial charge in [0.1, 0.15) is 12.4 Å². The second-order valence-corrected chi connectivity index (χ2v) is 4.45. The number of aliphatic hydroxyl groups is 1. The third kappa shape index (κ3) is 5.23. The molecule has 0 spiro atoms. The van der Waals surface area contributed by atoms with Crippen LogP contribution in [0.3, 0.4) is 0 Å². The van der Waals surface area contributed by atoms with E-state index in [1.54, 1.807) is 6.08 Å². The van der Waals surface area contributed by atoms with E-state index in [1.165, 1.54) is 0 Å². The van der Waals surface area contributed by atoms with Crippen molar-refractivity contribution >= 4 is 6.08 Å². The topological polar surface area (TPSA) is 29.5 Å². The molecule has 82 valence electrons. The molecular formula is C13H18O2. The lowest BCUT2D eigenvalue weighted by molar-refractivity contribution is -0.000904. The molecule has 0 saturated carbocycles. The Kier molecular flexibility index (Phi) is 3.92. The van der Waals surface area contributed by atoms with Crippen molar-refractivity contribution in [2.24, 2.45) is 0 Å². The molecule has 0 aliphatic heterocycles. The summed E-state index contributed by atoms with van der Waals surface area (Å²) in [5.74, 6) is 0.246. The highest BCUT2D eigenvalue weighted by Gasteiger charge is 2.10. The van der Waals surface area contributed by atoms with Crippen LogP contribution in [0.25, 0.3) is 6.08 Å². The lowest BCUT2D eigenvalue weighted by Gasteiger charge is -2.18. The van der Waals surface area contributed by atoms with Crippen LogP contribution in [0.4, 0.5) is 0 Å². The summed E-state index contributed by atoms with van der Waals surface area (Å²) in [4.78, 5) is 0. The predicted octanol–water partition coefficient (Wildman–Crippen LogP) is 3.40. The molecule has 0 heterocycles. The van der Waals surface area contributed by atoms with E-state index in [4.69, 9.17) is 4.74 Å². The van der Waals surface area contributed by atoms with Gasteiger partial charge in [-0.1, -0.05) is 30.3 Å². The van der Waals surface area contributed by atoms with Gasteiger partial charge in [0.15, 0.2) is 0 Å². The molecule has 0 unspecified atom stereocenters. The van der Waals surface area contributed by atoms with Crippen LogP contribution in [0.5, 0.6) is 0 Å². The number of benzene rings is 1. The Morgan fingerprint density at radius 2 is 1.87 bits per heavy atom. The minimum atomic E-state index is -0.224. The number of hydrogen-bond donors (Lipinski definition) is 1. The van der Waals surface area contributed by atoms with Crippen molar-refractivity contribution in [2.75, 3.05) is 6.61 Å². The highest BCUT2D eigenvalue weighted by Crippen LogP contribution is 2.10. The van der Waals surface area contributed by atoms with Gasteiger partial charge < -0.3 is 9.84 Å². The average molecular weight is 206 g/mol. The molecule has 2 heteroatoms. The van der Waals surface area contributed by atoms with E-state index in [1.807, 2.05) is 51.1 Å². The molecule has 0 aromatic heterocycles. The first-order chi connectivity index (χ1) is 6.97. The van der Waals surface area contributed by atoms with E-state index in [2.05, 4.69) is 0 Å². The summed E-state index contributed by atoms with van der Waals surface area (Å²) in [5, 5.41) is 9.60. The van der Waals surface area contributed by atoms with Crippen LogP contribution in [-0.2, 0) is 4.74 Å². The van der Waals surface area contributed by atoms with Gasteiger partial charge >= 0.3 is 0 Å². The zero-order valence-electron chi connectivity index (χ0n) is 9.53. The molecule has 1 N–H and O–H groups in total. The van der Waals surface area contributed by atoms with Crippen molar-refractivity contribution in [3.05, 3.63) is 41.7 Å². The summed E-state index contributed by atoms with van der Waals surface area (Å²) < 4.78 is 5.45. The summed E-state index contributed by atoms with van der Waals surface area (Å²) in [6, 6.07) is 9.69. The first-order valence-electron chi connectivity index (χ1n) is 5.06. The molecule has 15 heavy (non-hydrogen) atoms. The van der Waals surface area contributed by atoms with Gasteiger partial charge in [-0.15, -0.1) is 0 Å². The zero-order chi connectivity index (χ0) is 11.3. The van der Waals surface area contributed by atoms with Gasteiger partial charge in [0.05, 0.1) is 5.60 Å². The fourth-order valence-electron chi connectivity index (χ4n) is 1.07. The van der Waals surface area contributed by atoms with E-state index in [-0.39, 0.29) is 18.0 Å². The van der Waals surface area contributed by atoms with Crippen LogP contribution >= 0.6 is 0 Å². The number of ether oxygens (including phenoxy) is 1. The van der Waals surface area contributed by atoms with Crippen molar-refractivity contribution in [2.45, 2.75) is 26.4 Å². The number of hydrogen-bond acceptors (Lipinski definition) is 2. The predicted molar refractivity (Wildman–Crippen MR) is 62.8 cm³/mol. The molecule has 0 aliphatic carbocycles. The van der Waals surface area contributed by atoms with Gasteiger partial charge in [-0.3, -0.25) is 0 Å². The SMILES string of the molecule is CC(C)(C)OCC(O)=Cc1ccccc1. The summed E-state index contributed by atoms with van der Waals surface area (Å²) in [6.07, 6.45) is 1.71. The molecule has 1 aromatic rings. The Morgan fingerprint density at radius 3 is 2.40 bits per heavy atom. The average Bonchev–Trinajstić information content (AvgIpc) is 2.15. The number of aliphatic hydroxyl groups excluding tert-OH is 1. The van der Waals surface area contributed by atoms with E-state index in [9.17, 15) is 5.11 Å². The summed E-state index contributed by atoms with van der Waals surface area (Å²) in [5.41, 5.74) is 0.755. The molecular weight excluding hydrogens is 188 g/mol. The van der Waals surface area contributed by atoms with Gasteiger partial charge in [0, 0.05) is 0 Å². The standard InChI is InChI=1S/C13H18O2/c1-13(2,3)15-10-12(14)9-11-7-5-4-6-8-11/h4-9,14H,10H2,1-3H3. The molecule has 0 amide bonds. The first-order valence-corrected chi connectivity index (χ1v) is 5.06. The van der Waals surface area contributed by atoms with Gasteiger partial charge in [-0.05, 0) is 32.4 Å². The molecule has 0 fully saturated rings. The Hall–Kier alpha value is -1.28. The fourth-order valence-corrected chi connectivity index (χ4v) is 1.07. The molecule has 1 aromatic carbocycles. The molecule has 2 nitrogen and oxygen atoms in total. The van der Waals surface area contributed by atoms with E-state index < -0.39 is 0 Å². The van der Waals surface area contributed by atoms with Crippen molar-refractivity contribution in [1.82, 2.24) is 0 Å². The van der Waals surface area contributed by atoms with Gasteiger partial charge in [-0.2, -0.15) is 0 Å². The van der Waals surface area contributed by atoms with E-state index >= 15 is 0 Å². The third-order valence-corrected chi connectivity index (χ3v) is 1.79. The normalized spacial score (nSPS) is 12.9. The highest BCUT2D eigenvalue weighted by molar-refractivity contribution is 5.50. The van der Waals surface area contributed by atoms with Crippen molar-refractivity contribution in [3.63, 3.8) is 0 Å². The molecule has 0 radical (unpaired) electrons. The maximum absolute atomic E-state index is 9.60. The Balaban J connectivity index is 2.54. The van der Waals surface area contributed by atoms with Crippen molar-refractivity contribution < 1.29 is 9.84 Å². The summed E-state index contributed by atoms with van der Waals surface area (Å²) in [7, 11) is 0. The highest BCUT2D eigenvalue weighted by atomic mass is 16.5. The van der Waals surface area contributed by atoms with Crippen molar-refractivity contribution in [3.8, 4) is 0 Å². The lowest BCUT2D eigenvalue weighted by atomic mass is 10.2. The van der Waals surface area contributed by atoms with Gasteiger partial charge in [0.2, 0.25) is 0 Å². The minimum Gasteiger partial charge on any atom is -0.510 e. The second kappa shape index (κ2) is 4.99. The van der Waals surface area contributed by atoms with Crippen LogP contribution < -0.4 is 0 Å². The quantitative estimate of drug-likeness (QED) is 0.768. The summed E-state index contributed by atoms with van der Waals surface area (Å²) in [6.45, 7) is 6.13. The third-order valence-electron chi connectivity index (χ3n) is 1.79. The maximum Gasteiger partial charge on any atom is 0.119 e. The molecule has 0 aliphatic rings. The van der Waals surface area contributed by atoms with Crippen LogP contribution in [0.1, 0.15) is 26.3 Å². The van der Waals surface area contributed by atoms with Gasteiger partial charge in [0.25, 0.3) is 0 Å². The van der Waals surface area contributed by atoms with Crippen molar-refractivity contribution in [1.29, 1.82) is 0 Å². The smallest absolute Gasteiger partial charge is 0.119 e. The van der Waals surface area contributed by atoms with E-state index in [0.29, 0.717) is 0 Å². The Labute approximate surface area is 91.2 Å².